The average molecular weight is 479 g/mol. The summed E-state index contributed by atoms with van der Waals surface area (Å²) in [5.74, 6) is 0.528. The molecule has 6 heteroatoms. The summed E-state index contributed by atoms with van der Waals surface area (Å²) in [5, 5.41) is 3.32. The molecular weight excluding hydrogens is 448 g/mol. The minimum Gasteiger partial charge on any atom is -0.484 e. The largest absolute Gasteiger partial charge is 0.484 e. The van der Waals surface area contributed by atoms with E-state index in [0.717, 1.165) is 11.1 Å². The van der Waals surface area contributed by atoms with E-state index in [-0.39, 0.29) is 25.0 Å². The summed E-state index contributed by atoms with van der Waals surface area (Å²) < 4.78 is 5.81. The highest BCUT2D eigenvalue weighted by Gasteiger charge is 2.30. The van der Waals surface area contributed by atoms with E-state index in [2.05, 4.69) is 19.2 Å². The molecule has 3 aromatic rings. The van der Waals surface area contributed by atoms with Crippen LogP contribution in [0.4, 0.5) is 0 Å². The first kappa shape index (κ1) is 25.3. The minimum atomic E-state index is -0.692. The van der Waals surface area contributed by atoms with Crippen molar-refractivity contribution in [2.75, 3.05) is 13.7 Å². The zero-order valence-corrected chi connectivity index (χ0v) is 20.6. The Morgan fingerprint density at radius 1 is 0.912 bits per heavy atom. The molecule has 2 amide bonds. The second-order valence-corrected chi connectivity index (χ2v) is 8.92. The number of halogens is 1. The maximum absolute atomic E-state index is 13.4. The molecule has 5 nitrogen and oxygen atoms in total. The van der Waals surface area contributed by atoms with Gasteiger partial charge in [-0.15, -0.1) is 0 Å². The van der Waals surface area contributed by atoms with E-state index in [1.54, 1.807) is 24.1 Å². The van der Waals surface area contributed by atoms with Gasteiger partial charge < -0.3 is 15.0 Å². The normalized spacial score (nSPS) is 11.7. The predicted octanol–water partition coefficient (Wildman–Crippen LogP) is 5.23. The van der Waals surface area contributed by atoms with Crippen LogP contribution in [0, 0.1) is 0 Å². The van der Waals surface area contributed by atoms with Gasteiger partial charge in [0.05, 0.1) is 0 Å². The molecule has 34 heavy (non-hydrogen) atoms. The molecule has 0 saturated carbocycles. The van der Waals surface area contributed by atoms with Crippen LogP contribution in [-0.4, -0.2) is 36.4 Å². The number of amides is 2. The van der Waals surface area contributed by atoms with E-state index in [4.69, 9.17) is 16.3 Å². The molecule has 0 radical (unpaired) electrons. The van der Waals surface area contributed by atoms with Crippen molar-refractivity contribution >= 4 is 23.4 Å². The van der Waals surface area contributed by atoms with Crippen molar-refractivity contribution in [1.29, 1.82) is 0 Å². The Balaban J connectivity index is 1.83. The van der Waals surface area contributed by atoms with Crippen molar-refractivity contribution in [3.05, 3.63) is 101 Å². The second-order valence-electron chi connectivity index (χ2n) is 8.48. The fourth-order valence-electron chi connectivity index (χ4n) is 3.68. The highest BCUT2D eigenvalue weighted by Crippen LogP contribution is 2.20. The average Bonchev–Trinajstić information content (AvgIpc) is 2.86. The van der Waals surface area contributed by atoms with Gasteiger partial charge in [0.25, 0.3) is 5.91 Å². The van der Waals surface area contributed by atoms with Crippen molar-refractivity contribution in [3.8, 4) is 5.75 Å². The van der Waals surface area contributed by atoms with E-state index in [1.165, 1.54) is 5.56 Å². The molecule has 0 aromatic heterocycles. The molecule has 0 aliphatic rings. The maximum atomic E-state index is 13.4. The molecule has 3 rings (SSSR count). The van der Waals surface area contributed by atoms with Gasteiger partial charge in [0.2, 0.25) is 5.91 Å². The number of hydrogen-bond donors (Lipinski definition) is 1. The summed E-state index contributed by atoms with van der Waals surface area (Å²) in [4.78, 5) is 27.9. The Hall–Kier alpha value is -3.31. The predicted molar refractivity (Wildman–Crippen MR) is 136 cm³/mol. The van der Waals surface area contributed by atoms with E-state index in [9.17, 15) is 9.59 Å². The van der Waals surface area contributed by atoms with Crippen molar-refractivity contribution in [2.45, 2.75) is 38.8 Å². The number of rotatable bonds is 10. The molecule has 0 saturated heterocycles. The molecule has 0 bridgehead atoms. The zero-order chi connectivity index (χ0) is 24.5. The number of carbonyl (C=O) groups excluding carboxylic acids is 2. The standard InChI is InChI=1S/C28H31ClN2O3/c1-20(2)23-11-15-25(16-12-23)34-19-27(32)31(18-22-9-13-24(29)14-10-22)26(28(33)30-3)17-21-7-5-4-6-8-21/h4-16,20,26H,17-19H2,1-3H3,(H,30,33). The van der Waals surface area contributed by atoms with Gasteiger partial charge in [0, 0.05) is 25.0 Å². The van der Waals surface area contributed by atoms with Crippen LogP contribution in [0.15, 0.2) is 78.9 Å². The van der Waals surface area contributed by atoms with Gasteiger partial charge in [0.15, 0.2) is 6.61 Å². The molecule has 1 atom stereocenters. The summed E-state index contributed by atoms with van der Waals surface area (Å²) in [6, 6.07) is 24.0. The van der Waals surface area contributed by atoms with E-state index in [1.807, 2.05) is 66.7 Å². The lowest BCUT2D eigenvalue weighted by molar-refractivity contribution is -0.142. The molecular formula is C28H31ClN2O3. The first-order valence-electron chi connectivity index (χ1n) is 11.4. The monoisotopic (exact) mass is 478 g/mol. The molecule has 3 aromatic carbocycles. The first-order chi connectivity index (χ1) is 16.4. The number of hydrogen-bond acceptors (Lipinski definition) is 3. The van der Waals surface area contributed by atoms with Gasteiger partial charge in [-0.05, 0) is 46.9 Å². The highest BCUT2D eigenvalue weighted by atomic mass is 35.5. The smallest absolute Gasteiger partial charge is 0.261 e. The fourth-order valence-corrected chi connectivity index (χ4v) is 3.81. The molecule has 178 valence electrons. The van der Waals surface area contributed by atoms with Gasteiger partial charge in [-0.2, -0.15) is 0 Å². The van der Waals surface area contributed by atoms with Crippen molar-refractivity contribution in [3.63, 3.8) is 0 Å². The number of nitrogens with one attached hydrogen (secondary N) is 1. The minimum absolute atomic E-state index is 0.170. The van der Waals surface area contributed by atoms with Gasteiger partial charge >= 0.3 is 0 Å². The third-order valence-electron chi connectivity index (χ3n) is 5.69. The van der Waals surface area contributed by atoms with Crippen LogP contribution < -0.4 is 10.1 Å². The van der Waals surface area contributed by atoms with Gasteiger partial charge in [-0.1, -0.05) is 80.0 Å². The number of benzene rings is 3. The van der Waals surface area contributed by atoms with Gasteiger partial charge in [-0.25, -0.2) is 0 Å². The van der Waals surface area contributed by atoms with Gasteiger partial charge in [0.1, 0.15) is 11.8 Å². The summed E-state index contributed by atoms with van der Waals surface area (Å²) in [7, 11) is 1.58. The van der Waals surface area contributed by atoms with E-state index < -0.39 is 6.04 Å². The lowest BCUT2D eigenvalue weighted by atomic mass is 10.0. The Morgan fingerprint density at radius 3 is 2.15 bits per heavy atom. The molecule has 1 unspecified atom stereocenters. The second kappa shape index (κ2) is 12.2. The van der Waals surface area contributed by atoms with Crippen LogP contribution in [0.1, 0.15) is 36.5 Å². The molecule has 0 heterocycles. The van der Waals surface area contributed by atoms with Crippen LogP contribution in [0.5, 0.6) is 5.75 Å². The zero-order valence-electron chi connectivity index (χ0n) is 19.8. The molecule has 0 aliphatic carbocycles. The summed E-state index contributed by atoms with van der Waals surface area (Å²) >= 11 is 6.04. The number of carbonyl (C=O) groups is 2. The third kappa shape index (κ3) is 7.09. The van der Waals surface area contributed by atoms with Crippen molar-refractivity contribution in [1.82, 2.24) is 10.2 Å². The van der Waals surface area contributed by atoms with Crippen LogP contribution in [0.25, 0.3) is 0 Å². The number of ether oxygens (including phenoxy) is 1. The van der Waals surface area contributed by atoms with Crippen molar-refractivity contribution in [2.24, 2.45) is 0 Å². The lowest BCUT2D eigenvalue weighted by Gasteiger charge is -2.31. The van der Waals surface area contributed by atoms with E-state index >= 15 is 0 Å². The fraction of sp³-hybridized carbons (Fsp3) is 0.286. The topological polar surface area (TPSA) is 58.6 Å². The van der Waals surface area contributed by atoms with Crippen LogP contribution in [-0.2, 0) is 22.6 Å². The molecule has 1 N–H and O–H groups in total. The van der Waals surface area contributed by atoms with Crippen LogP contribution in [0.2, 0.25) is 5.02 Å². The number of nitrogens with zero attached hydrogens (tertiary/aromatic N) is 1. The summed E-state index contributed by atoms with van der Waals surface area (Å²) in [5.41, 5.74) is 3.04. The Morgan fingerprint density at radius 2 is 1.56 bits per heavy atom. The van der Waals surface area contributed by atoms with Crippen LogP contribution >= 0.6 is 11.6 Å². The lowest BCUT2D eigenvalue weighted by Crippen LogP contribution is -2.51. The van der Waals surface area contributed by atoms with Crippen LogP contribution in [0.3, 0.4) is 0 Å². The molecule has 0 spiro atoms. The third-order valence-corrected chi connectivity index (χ3v) is 5.94. The van der Waals surface area contributed by atoms with E-state index in [0.29, 0.717) is 23.1 Å². The maximum Gasteiger partial charge on any atom is 0.261 e. The molecule has 0 aliphatic heterocycles. The Bertz CT molecular complexity index is 1070. The molecule has 0 fully saturated rings. The van der Waals surface area contributed by atoms with Crippen molar-refractivity contribution < 1.29 is 14.3 Å². The Labute approximate surface area is 206 Å². The summed E-state index contributed by atoms with van der Waals surface area (Å²) in [6.45, 7) is 4.34. The highest BCUT2D eigenvalue weighted by molar-refractivity contribution is 6.30. The first-order valence-corrected chi connectivity index (χ1v) is 11.8. The quantitative estimate of drug-likeness (QED) is 0.434. The summed E-state index contributed by atoms with van der Waals surface area (Å²) in [6.07, 6.45) is 0.392. The van der Waals surface area contributed by atoms with Gasteiger partial charge in [-0.3, -0.25) is 9.59 Å². The number of likely N-dealkylation sites (N-methyl/N-ethyl adjacent to an activating group) is 1. The Kier molecular flexibility index (Phi) is 9.11. The SMILES string of the molecule is CNC(=O)C(Cc1ccccc1)N(Cc1ccc(Cl)cc1)C(=O)COc1ccc(C(C)C)cc1.